The largest absolute Gasteiger partial charge is 0.376 e. The third kappa shape index (κ3) is 5.29. The Balaban J connectivity index is 1.82. The van der Waals surface area contributed by atoms with Crippen molar-refractivity contribution in [1.29, 1.82) is 0 Å². The van der Waals surface area contributed by atoms with E-state index in [0.717, 1.165) is 57.3 Å². The Hall–Kier alpha value is -1.63. The molecule has 1 aromatic heterocycles. The third-order valence-corrected chi connectivity index (χ3v) is 3.56. The number of aryl methyl sites for hydroxylation is 1. The van der Waals surface area contributed by atoms with Gasteiger partial charge in [-0.15, -0.1) is 10.2 Å². The predicted octanol–water partition coefficient (Wildman–Crippen LogP) is 0.963. The topological polar surface area (TPSA) is 76.4 Å². The minimum absolute atomic E-state index is 0.273. The van der Waals surface area contributed by atoms with Crippen LogP contribution >= 0.6 is 0 Å². The summed E-state index contributed by atoms with van der Waals surface area (Å²) in [6.07, 6.45) is 5.20. The van der Waals surface area contributed by atoms with E-state index < -0.39 is 0 Å². The van der Waals surface area contributed by atoms with Crippen molar-refractivity contribution in [3.63, 3.8) is 0 Å². The van der Waals surface area contributed by atoms with Crippen LogP contribution in [0.1, 0.15) is 39.4 Å². The quantitative estimate of drug-likeness (QED) is 0.580. The molecule has 2 N–H and O–H groups in total. The summed E-state index contributed by atoms with van der Waals surface area (Å²) in [4.78, 5) is 4.64. The average molecular weight is 308 g/mol. The number of aliphatic imine (C=N–C) groups is 1. The van der Waals surface area contributed by atoms with Crippen molar-refractivity contribution in [2.45, 2.75) is 58.7 Å². The van der Waals surface area contributed by atoms with E-state index in [2.05, 4.69) is 51.2 Å². The van der Waals surface area contributed by atoms with Crippen LogP contribution in [0.2, 0.25) is 0 Å². The molecule has 22 heavy (non-hydrogen) atoms. The molecule has 0 bridgehead atoms. The summed E-state index contributed by atoms with van der Waals surface area (Å²) in [5.74, 6) is 1.85. The van der Waals surface area contributed by atoms with Crippen LogP contribution in [0.3, 0.4) is 0 Å². The van der Waals surface area contributed by atoms with Gasteiger partial charge in [0.2, 0.25) is 0 Å². The number of guanidine groups is 1. The highest BCUT2D eigenvalue weighted by Gasteiger charge is 2.15. The third-order valence-electron chi connectivity index (χ3n) is 3.56. The molecule has 1 atom stereocenters. The van der Waals surface area contributed by atoms with E-state index in [4.69, 9.17) is 4.74 Å². The van der Waals surface area contributed by atoms with Gasteiger partial charge in [-0.3, -0.25) is 4.99 Å². The second-order valence-electron chi connectivity index (χ2n) is 5.84. The van der Waals surface area contributed by atoms with Crippen LogP contribution < -0.4 is 10.6 Å². The van der Waals surface area contributed by atoms with Gasteiger partial charge >= 0.3 is 0 Å². The molecule has 0 saturated carbocycles. The van der Waals surface area contributed by atoms with Gasteiger partial charge in [0.15, 0.2) is 5.96 Å². The molecule has 1 unspecified atom stereocenters. The number of ether oxygens (including phenoxy) is 1. The Kier molecular flexibility index (Phi) is 6.64. The molecule has 7 heteroatoms. The van der Waals surface area contributed by atoms with Gasteiger partial charge in [0, 0.05) is 32.2 Å². The standard InChI is InChI=1S/C15H28N6O/c1-4-14-20-18-11-21(14)8-7-16-15(19-12(2)3)17-10-13-6-5-9-22-13/h11-13H,4-10H2,1-3H3,(H2,16,17,19). The fraction of sp³-hybridized carbons (Fsp3) is 0.800. The minimum Gasteiger partial charge on any atom is -0.376 e. The monoisotopic (exact) mass is 308 g/mol. The summed E-state index contributed by atoms with van der Waals surface area (Å²) in [5.41, 5.74) is 0. The number of aromatic nitrogens is 3. The van der Waals surface area contributed by atoms with Gasteiger partial charge < -0.3 is 19.9 Å². The zero-order chi connectivity index (χ0) is 15.8. The molecule has 1 aliphatic heterocycles. The molecule has 124 valence electrons. The van der Waals surface area contributed by atoms with Crippen molar-refractivity contribution >= 4 is 5.96 Å². The fourth-order valence-corrected chi connectivity index (χ4v) is 2.44. The Labute approximate surface area is 132 Å². The van der Waals surface area contributed by atoms with E-state index in [9.17, 15) is 0 Å². The molecule has 7 nitrogen and oxygen atoms in total. The van der Waals surface area contributed by atoms with Crippen LogP contribution in [0.25, 0.3) is 0 Å². The Morgan fingerprint density at radius 1 is 1.55 bits per heavy atom. The fourth-order valence-electron chi connectivity index (χ4n) is 2.44. The second kappa shape index (κ2) is 8.73. The number of rotatable bonds is 7. The van der Waals surface area contributed by atoms with E-state index in [1.165, 1.54) is 0 Å². The maximum atomic E-state index is 5.62. The zero-order valence-corrected chi connectivity index (χ0v) is 13.9. The Morgan fingerprint density at radius 3 is 3.09 bits per heavy atom. The van der Waals surface area contributed by atoms with Crippen molar-refractivity contribution in [2.24, 2.45) is 4.99 Å². The Bertz CT molecular complexity index is 464. The molecule has 1 saturated heterocycles. The van der Waals surface area contributed by atoms with Gasteiger partial charge in [0.25, 0.3) is 0 Å². The first-order valence-corrected chi connectivity index (χ1v) is 8.22. The molecule has 2 heterocycles. The van der Waals surface area contributed by atoms with Gasteiger partial charge in [-0.25, -0.2) is 0 Å². The first-order valence-electron chi connectivity index (χ1n) is 8.22. The maximum absolute atomic E-state index is 5.62. The normalized spacial score (nSPS) is 18.9. The van der Waals surface area contributed by atoms with E-state index in [1.54, 1.807) is 6.33 Å². The molecule has 0 radical (unpaired) electrons. The van der Waals surface area contributed by atoms with E-state index in [1.807, 2.05) is 0 Å². The molecular formula is C15H28N6O. The molecule has 1 aliphatic rings. The van der Waals surface area contributed by atoms with E-state index >= 15 is 0 Å². The van der Waals surface area contributed by atoms with Gasteiger partial charge in [0.1, 0.15) is 12.2 Å². The number of nitrogens with zero attached hydrogens (tertiary/aromatic N) is 4. The van der Waals surface area contributed by atoms with Crippen molar-refractivity contribution in [3.8, 4) is 0 Å². The zero-order valence-electron chi connectivity index (χ0n) is 13.9. The molecule has 2 rings (SSSR count). The van der Waals surface area contributed by atoms with Gasteiger partial charge in [0.05, 0.1) is 12.6 Å². The minimum atomic E-state index is 0.273. The summed E-state index contributed by atoms with van der Waals surface area (Å²) < 4.78 is 7.69. The highest BCUT2D eigenvalue weighted by molar-refractivity contribution is 5.80. The highest BCUT2D eigenvalue weighted by Crippen LogP contribution is 2.11. The summed E-state index contributed by atoms with van der Waals surface area (Å²) >= 11 is 0. The first-order chi connectivity index (χ1) is 10.7. The molecule has 0 amide bonds. The molecule has 1 fully saturated rings. The predicted molar refractivity (Wildman–Crippen MR) is 87.0 cm³/mol. The molecular weight excluding hydrogens is 280 g/mol. The summed E-state index contributed by atoms with van der Waals surface area (Å²) in [7, 11) is 0. The highest BCUT2D eigenvalue weighted by atomic mass is 16.5. The van der Waals surface area contributed by atoms with E-state index in [-0.39, 0.29) is 6.10 Å². The van der Waals surface area contributed by atoms with Gasteiger partial charge in [-0.1, -0.05) is 6.92 Å². The summed E-state index contributed by atoms with van der Waals surface area (Å²) in [5, 5.41) is 14.8. The van der Waals surface area contributed by atoms with Crippen molar-refractivity contribution in [3.05, 3.63) is 12.2 Å². The summed E-state index contributed by atoms with van der Waals surface area (Å²) in [6.45, 7) is 9.51. The molecule has 0 aromatic carbocycles. The Morgan fingerprint density at radius 2 is 2.41 bits per heavy atom. The lowest BCUT2D eigenvalue weighted by molar-refractivity contribution is 0.117. The number of hydrogen-bond donors (Lipinski definition) is 2. The van der Waals surface area contributed by atoms with Crippen LogP contribution in [0, 0.1) is 0 Å². The van der Waals surface area contributed by atoms with Crippen LogP contribution in [0.15, 0.2) is 11.3 Å². The lowest BCUT2D eigenvalue weighted by Gasteiger charge is -2.16. The van der Waals surface area contributed by atoms with Crippen LogP contribution in [-0.2, 0) is 17.7 Å². The molecule has 1 aromatic rings. The van der Waals surface area contributed by atoms with Crippen molar-refractivity contribution in [2.75, 3.05) is 19.7 Å². The number of nitrogens with one attached hydrogen (secondary N) is 2. The molecule has 0 spiro atoms. The molecule has 0 aliphatic carbocycles. The van der Waals surface area contributed by atoms with Crippen LogP contribution in [0.4, 0.5) is 0 Å². The van der Waals surface area contributed by atoms with Gasteiger partial charge in [-0.05, 0) is 26.7 Å². The van der Waals surface area contributed by atoms with Gasteiger partial charge in [-0.2, -0.15) is 0 Å². The lowest BCUT2D eigenvalue weighted by atomic mass is 10.2. The maximum Gasteiger partial charge on any atom is 0.191 e. The second-order valence-corrected chi connectivity index (χ2v) is 5.84. The SMILES string of the molecule is CCc1nncn1CCNC(=NCC1CCCO1)NC(C)C. The van der Waals surface area contributed by atoms with Crippen LogP contribution in [0.5, 0.6) is 0 Å². The van der Waals surface area contributed by atoms with Crippen molar-refractivity contribution in [1.82, 2.24) is 25.4 Å². The van der Waals surface area contributed by atoms with E-state index in [0.29, 0.717) is 6.04 Å². The number of hydrogen-bond acceptors (Lipinski definition) is 4. The smallest absolute Gasteiger partial charge is 0.191 e. The average Bonchev–Trinajstić information content (AvgIpc) is 3.15. The summed E-state index contributed by atoms with van der Waals surface area (Å²) in [6, 6.07) is 0.344. The van der Waals surface area contributed by atoms with Crippen LogP contribution in [-0.4, -0.2) is 52.6 Å². The first kappa shape index (κ1) is 16.7. The van der Waals surface area contributed by atoms with Crippen molar-refractivity contribution < 1.29 is 4.74 Å². The lowest BCUT2D eigenvalue weighted by Crippen LogP contribution is -2.42.